The lowest BCUT2D eigenvalue weighted by atomic mass is 9.81. The van der Waals surface area contributed by atoms with Crippen molar-refractivity contribution in [3.05, 3.63) is 18.0 Å². The fraction of sp³-hybridized carbons (Fsp3) is 0.769. The van der Waals surface area contributed by atoms with Crippen LogP contribution >= 0.6 is 0 Å². The topological polar surface area (TPSA) is 56.5 Å². The molecule has 1 fully saturated rings. The summed E-state index contributed by atoms with van der Waals surface area (Å²) < 4.78 is 12.2. The highest BCUT2D eigenvalue weighted by Gasteiger charge is 2.37. The average molecular weight is 254 g/mol. The number of aliphatic hydroxyl groups is 1. The van der Waals surface area contributed by atoms with Gasteiger partial charge in [0.2, 0.25) is 0 Å². The molecule has 1 N–H and O–H groups in total. The standard InChI is InChI=1S/C13H22N2O3/c1-17-10-9-15-12(5-8-14-15)13(16)6-3-11(18-2)4-7-13/h5,8,11,16H,3-4,6-7,9-10H2,1-2H3. The lowest BCUT2D eigenvalue weighted by Gasteiger charge is -2.35. The van der Waals surface area contributed by atoms with E-state index in [4.69, 9.17) is 9.47 Å². The van der Waals surface area contributed by atoms with Gasteiger partial charge >= 0.3 is 0 Å². The molecule has 1 aliphatic carbocycles. The van der Waals surface area contributed by atoms with E-state index in [0.717, 1.165) is 31.4 Å². The molecule has 0 aromatic carbocycles. The smallest absolute Gasteiger partial charge is 0.106 e. The van der Waals surface area contributed by atoms with Crippen molar-refractivity contribution in [1.29, 1.82) is 0 Å². The summed E-state index contributed by atoms with van der Waals surface area (Å²) in [5.41, 5.74) is 0.133. The Kier molecular flexibility index (Phi) is 4.37. The van der Waals surface area contributed by atoms with Gasteiger partial charge in [-0.15, -0.1) is 0 Å². The molecular weight excluding hydrogens is 232 g/mol. The van der Waals surface area contributed by atoms with Gasteiger partial charge in [0.15, 0.2) is 0 Å². The number of aromatic nitrogens is 2. The molecule has 18 heavy (non-hydrogen) atoms. The van der Waals surface area contributed by atoms with Crippen molar-refractivity contribution in [1.82, 2.24) is 9.78 Å². The summed E-state index contributed by atoms with van der Waals surface area (Å²) in [6.07, 6.45) is 5.26. The molecule has 1 heterocycles. The van der Waals surface area contributed by atoms with Gasteiger partial charge in [-0.25, -0.2) is 0 Å². The Balaban J connectivity index is 2.08. The van der Waals surface area contributed by atoms with E-state index in [0.29, 0.717) is 13.2 Å². The second kappa shape index (κ2) is 5.82. The highest BCUT2D eigenvalue weighted by molar-refractivity contribution is 5.13. The molecule has 1 aromatic heterocycles. The molecule has 1 saturated carbocycles. The van der Waals surface area contributed by atoms with Crippen LogP contribution in [0.25, 0.3) is 0 Å². The summed E-state index contributed by atoms with van der Waals surface area (Å²) in [5, 5.41) is 15.0. The van der Waals surface area contributed by atoms with Gasteiger partial charge in [0.1, 0.15) is 5.60 Å². The van der Waals surface area contributed by atoms with Crippen LogP contribution in [-0.2, 0) is 21.6 Å². The molecule has 2 rings (SSSR count). The Morgan fingerprint density at radius 2 is 2.17 bits per heavy atom. The summed E-state index contributed by atoms with van der Waals surface area (Å²) in [6.45, 7) is 1.28. The van der Waals surface area contributed by atoms with Crippen LogP contribution in [0, 0.1) is 0 Å². The van der Waals surface area contributed by atoms with Crippen LogP contribution in [0.1, 0.15) is 31.4 Å². The minimum atomic E-state index is -0.765. The molecule has 0 atom stereocenters. The molecule has 0 aliphatic heterocycles. The highest BCUT2D eigenvalue weighted by Crippen LogP contribution is 2.37. The minimum Gasteiger partial charge on any atom is -0.384 e. The zero-order valence-electron chi connectivity index (χ0n) is 11.1. The molecule has 0 saturated heterocycles. The van der Waals surface area contributed by atoms with E-state index in [1.807, 2.05) is 10.7 Å². The number of hydrogen-bond donors (Lipinski definition) is 1. The highest BCUT2D eigenvalue weighted by atomic mass is 16.5. The quantitative estimate of drug-likeness (QED) is 0.860. The largest absolute Gasteiger partial charge is 0.384 e. The van der Waals surface area contributed by atoms with Crippen LogP contribution in [0.5, 0.6) is 0 Å². The summed E-state index contributed by atoms with van der Waals surface area (Å²) in [7, 11) is 3.40. The molecule has 0 radical (unpaired) electrons. The number of hydrogen-bond acceptors (Lipinski definition) is 4. The first-order chi connectivity index (χ1) is 8.69. The normalized spacial score (nSPS) is 28.5. The summed E-state index contributed by atoms with van der Waals surface area (Å²) in [6, 6.07) is 1.91. The van der Waals surface area contributed by atoms with E-state index < -0.39 is 5.60 Å². The van der Waals surface area contributed by atoms with E-state index in [1.165, 1.54) is 0 Å². The zero-order valence-corrected chi connectivity index (χ0v) is 11.1. The lowest BCUT2D eigenvalue weighted by molar-refractivity contribution is -0.0531. The van der Waals surface area contributed by atoms with Gasteiger partial charge in [-0.05, 0) is 31.7 Å². The van der Waals surface area contributed by atoms with Crippen LogP contribution in [0.15, 0.2) is 12.3 Å². The zero-order chi connectivity index (χ0) is 13.0. The van der Waals surface area contributed by atoms with Crippen molar-refractivity contribution in [3.8, 4) is 0 Å². The third-order valence-electron chi connectivity index (χ3n) is 3.79. The molecule has 1 aromatic rings. The average Bonchev–Trinajstić information content (AvgIpc) is 2.86. The summed E-state index contributed by atoms with van der Waals surface area (Å²) in [5.74, 6) is 0. The fourth-order valence-electron chi connectivity index (χ4n) is 2.64. The van der Waals surface area contributed by atoms with Crippen molar-refractivity contribution in [2.24, 2.45) is 0 Å². The fourth-order valence-corrected chi connectivity index (χ4v) is 2.64. The molecule has 102 valence electrons. The molecule has 5 heteroatoms. The van der Waals surface area contributed by atoms with Gasteiger partial charge < -0.3 is 14.6 Å². The van der Waals surface area contributed by atoms with Crippen molar-refractivity contribution in [2.75, 3.05) is 20.8 Å². The number of rotatable bonds is 5. The molecule has 0 amide bonds. The first-order valence-corrected chi connectivity index (χ1v) is 6.46. The van der Waals surface area contributed by atoms with Crippen LogP contribution in [0.4, 0.5) is 0 Å². The molecule has 1 aliphatic rings. The van der Waals surface area contributed by atoms with E-state index in [1.54, 1.807) is 20.4 Å². The Labute approximate surface area is 108 Å². The van der Waals surface area contributed by atoms with Crippen molar-refractivity contribution in [2.45, 2.75) is 43.9 Å². The minimum absolute atomic E-state index is 0.278. The number of methoxy groups -OCH3 is 2. The van der Waals surface area contributed by atoms with Gasteiger partial charge in [0, 0.05) is 20.4 Å². The molecule has 0 bridgehead atoms. The lowest BCUT2D eigenvalue weighted by Crippen LogP contribution is -2.36. The third-order valence-corrected chi connectivity index (χ3v) is 3.79. The Bertz CT molecular complexity index is 370. The second-order valence-corrected chi connectivity index (χ2v) is 4.90. The maximum atomic E-state index is 10.8. The van der Waals surface area contributed by atoms with Gasteiger partial charge in [-0.3, -0.25) is 4.68 Å². The van der Waals surface area contributed by atoms with Crippen molar-refractivity contribution >= 4 is 0 Å². The van der Waals surface area contributed by atoms with E-state index in [2.05, 4.69) is 5.10 Å². The van der Waals surface area contributed by atoms with Gasteiger partial charge in [-0.2, -0.15) is 5.10 Å². The first kappa shape index (κ1) is 13.5. The summed E-state index contributed by atoms with van der Waals surface area (Å²) >= 11 is 0. The van der Waals surface area contributed by atoms with E-state index in [9.17, 15) is 5.11 Å². The van der Waals surface area contributed by atoms with E-state index >= 15 is 0 Å². The van der Waals surface area contributed by atoms with Crippen LogP contribution in [-0.4, -0.2) is 41.8 Å². The Morgan fingerprint density at radius 1 is 1.44 bits per heavy atom. The number of ether oxygens (including phenoxy) is 2. The molecular formula is C13H22N2O3. The monoisotopic (exact) mass is 254 g/mol. The Morgan fingerprint density at radius 3 is 2.78 bits per heavy atom. The van der Waals surface area contributed by atoms with Gasteiger partial charge in [0.05, 0.1) is 24.9 Å². The first-order valence-electron chi connectivity index (χ1n) is 6.46. The van der Waals surface area contributed by atoms with Crippen molar-refractivity contribution in [3.63, 3.8) is 0 Å². The molecule has 5 nitrogen and oxygen atoms in total. The summed E-state index contributed by atoms with van der Waals surface area (Å²) in [4.78, 5) is 0. The predicted octanol–water partition coefficient (Wildman–Crippen LogP) is 1.31. The molecule has 0 spiro atoms. The third kappa shape index (κ3) is 2.74. The van der Waals surface area contributed by atoms with Crippen molar-refractivity contribution < 1.29 is 14.6 Å². The predicted molar refractivity (Wildman–Crippen MR) is 67.3 cm³/mol. The van der Waals surface area contributed by atoms with Gasteiger partial charge in [0.25, 0.3) is 0 Å². The second-order valence-electron chi connectivity index (χ2n) is 4.90. The van der Waals surface area contributed by atoms with Gasteiger partial charge in [-0.1, -0.05) is 0 Å². The SMILES string of the molecule is COCCn1nccc1C1(O)CCC(OC)CC1. The Hall–Kier alpha value is -0.910. The number of nitrogens with zero attached hydrogens (tertiary/aromatic N) is 2. The maximum Gasteiger partial charge on any atom is 0.106 e. The van der Waals surface area contributed by atoms with Crippen LogP contribution < -0.4 is 0 Å². The van der Waals surface area contributed by atoms with E-state index in [-0.39, 0.29) is 6.10 Å². The van der Waals surface area contributed by atoms with Crippen LogP contribution in [0.3, 0.4) is 0 Å². The van der Waals surface area contributed by atoms with Crippen LogP contribution in [0.2, 0.25) is 0 Å². The molecule has 0 unspecified atom stereocenters. The maximum absolute atomic E-state index is 10.8.